The van der Waals surface area contributed by atoms with E-state index in [4.69, 9.17) is 16.7 Å². The number of amides is 1. The van der Waals surface area contributed by atoms with E-state index in [-0.39, 0.29) is 23.7 Å². The summed E-state index contributed by atoms with van der Waals surface area (Å²) in [6.07, 6.45) is 0. The van der Waals surface area contributed by atoms with Crippen LogP contribution in [0.2, 0.25) is 5.02 Å². The van der Waals surface area contributed by atoms with Gasteiger partial charge in [-0.25, -0.2) is 13.6 Å². The molecule has 0 saturated heterocycles. The van der Waals surface area contributed by atoms with Gasteiger partial charge in [-0.05, 0) is 70.8 Å². The standard InChI is InChI=1S/C29H21ClF2N4O3/c1-16(18-6-9-22(30)10-7-18)27-35-34-26-14-21(20-8-11-23(31)24(32)12-20)13-25(36(26)27)28(37)33-15-17-2-4-19(5-3-17)29(38)39/h2-14,16H,15H2,1H3,(H,33,37)(H,38,39). The van der Waals surface area contributed by atoms with Crippen LogP contribution >= 0.6 is 11.6 Å². The number of carbonyl (C=O) groups excluding carboxylic acids is 1. The van der Waals surface area contributed by atoms with Crippen LogP contribution in [0.5, 0.6) is 0 Å². The number of carbonyl (C=O) groups is 2. The van der Waals surface area contributed by atoms with Crippen molar-refractivity contribution in [3.05, 3.63) is 124 Å². The maximum absolute atomic E-state index is 14.0. The number of halogens is 3. The van der Waals surface area contributed by atoms with Gasteiger partial charge in [0.1, 0.15) is 11.5 Å². The number of benzene rings is 3. The van der Waals surface area contributed by atoms with Crippen molar-refractivity contribution >= 4 is 29.1 Å². The Bertz CT molecular complexity index is 1700. The molecule has 5 rings (SSSR count). The first-order valence-electron chi connectivity index (χ1n) is 11.9. The highest BCUT2D eigenvalue weighted by Crippen LogP contribution is 2.29. The number of carboxylic acids is 1. The molecular formula is C29H21ClF2N4O3. The van der Waals surface area contributed by atoms with Crippen LogP contribution in [0.25, 0.3) is 16.8 Å². The lowest BCUT2D eigenvalue weighted by Crippen LogP contribution is -2.26. The molecule has 0 saturated carbocycles. The fraction of sp³-hybridized carbons (Fsp3) is 0.103. The molecular weight excluding hydrogens is 526 g/mol. The van der Waals surface area contributed by atoms with E-state index in [0.717, 1.165) is 17.7 Å². The molecule has 0 fully saturated rings. The lowest BCUT2D eigenvalue weighted by molar-refractivity contribution is 0.0696. The van der Waals surface area contributed by atoms with Crippen LogP contribution in [0, 0.1) is 11.6 Å². The predicted octanol–water partition coefficient (Wildman–Crippen LogP) is 6.11. The van der Waals surface area contributed by atoms with Gasteiger partial charge in [-0.3, -0.25) is 9.20 Å². The zero-order chi connectivity index (χ0) is 27.7. The zero-order valence-electron chi connectivity index (χ0n) is 20.5. The van der Waals surface area contributed by atoms with Gasteiger partial charge in [0.05, 0.1) is 5.56 Å². The molecule has 1 amide bonds. The molecule has 2 heterocycles. The monoisotopic (exact) mass is 546 g/mol. The molecule has 196 valence electrons. The summed E-state index contributed by atoms with van der Waals surface area (Å²) in [5.41, 5.74) is 3.10. The summed E-state index contributed by atoms with van der Waals surface area (Å²) in [6.45, 7) is 2.05. The van der Waals surface area contributed by atoms with Crippen molar-refractivity contribution in [1.29, 1.82) is 0 Å². The predicted molar refractivity (Wildman–Crippen MR) is 142 cm³/mol. The number of rotatable bonds is 7. The number of aromatic carboxylic acids is 1. The second-order valence-corrected chi connectivity index (χ2v) is 9.40. The van der Waals surface area contributed by atoms with E-state index < -0.39 is 23.5 Å². The van der Waals surface area contributed by atoms with E-state index in [9.17, 15) is 18.4 Å². The van der Waals surface area contributed by atoms with Crippen LogP contribution in [-0.2, 0) is 6.54 Å². The third-order valence-corrected chi connectivity index (χ3v) is 6.68. The third-order valence-electron chi connectivity index (χ3n) is 6.43. The molecule has 1 atom stereocenters. The Morgan fingerprint density at radius 2 is 1.64 bits per heavy atom. The van der Waals surface area contributed by atoms with Gasteiger partial charge >= 0.3 is 5.97 Å². The van der Waals surface area contributed by atoms with Gasteiger partial charge in [0, 0.05) is 17.5 Å². The van der Waals surface area contributed by atoms with Crippen molar-refractivity contribution in [2.75, 3.05) is 0 Å². The summed E-state index contributed by atoms with van der Waals surface area (Å²) >= 11 is 6.04. The van der Waals surface area contributed by atoms with Gasteiger partial charge in [-0.15, -0.1) is 10.2 Å². The highest BCUT2D eigenvalue weighted by Gasteiger charge is 2.22. The van der Waals surface area contributed by atoms with Crippen LogP contribution in [0.1, 0.15) is 50.6 Å². The number of aromatic nitrogens is 3. The van der Waals surface area contributed by atoms with E-state index in [2.05, 4.69) is 15.5 Å². The van der Waals surface area contributed by atoms with Gasteiger partial charge < -0.3 is 10.4 Å². The largest absolute Gasteiger partial charge is 0.478 e. The van der Waals surface area contributed by atoms with Gasteiger partial charge in [-0.1, -0.05) is 48.9 Å². The van der Waals surface area contributed by atoms with Crippen molar-refractivity contribution < 1.29 is 23.5 Å². The molecule has 0 spiro atoms. The maximum Gasteiger partial charge on any atom is 0.335 e. The van der Waals surface area contributed by atoms with Crippen LogP contribution in [0.3, 0.4) is 0 Å². The molecule has 10 heteroatoms. The Hall–Kier alpha value is -4.63. The SMILES string of the molecule is CC(c1ccc(Cl)cc1)c1nnc2cc(-c3ccc(F)c(F)c3)cc(C(=O)NCc3ccc(C(=O)O)cc3)n12. The molecule has 0 aliphatic carbocycles. The topological polar surface area (TPSA) is 96.6 Å². The van der Waals surface area contributed by atoms with E-state index in [1.54, 1.807) is 40.8 Å². The number of hydrogen-bond donors (Lipinski definition) is 2. The lowest BCUT2D eigenvalue weighted by atomic mass is 10.00. The lowest BCUT2D eigenvalue weighted by Gasteiger charge is -2.15. The average Bonchev–Trinajstić information content (AvgIpc) is 3.37. The summed E-state index contributed by atoms with van der Waals surface area (Å²) < 4.78 is 29.2. The van der Waals surface area contributed by atoms with E-state index >= 15 is 0 Å². The maximum atomic E-state index is 14.0. The number of carboxylic acid groups (broad SMARTS) is 1. The first-order chi connectivity index (χ1) is 18.7. The van der Waals surface area contributed by atoms with Gasteiger partial charge in [-0.2, -0.15) is 0 Å². The summed E-state index contributed by atoms with van der Waals surface area (Å²) in [5.74, 6) is -3.26. The second-order valence-electron chi connectivity index (χ2n) is 8.97. The smallest absolute Gasteiger partial charge is 0.335 e. The van der Waals surface area contributed by atoms with Crippen molar-refractivity contribution in [2.24, 2.45) is 0 Å². The highest BCUT2D eigenvalue weighted by atomic mass is 35.5. The average molecular weight is 547 g/mol. The first-order valence-corrected chi connectivity index (χ1v) is 12.3. The Balaban J connectivity index is 1.56. The minimum Gasteiger partial charge on any atom is -0.478 e. The van der Waals surface area contributed by atoms with Crippen LogP contribution in [0.15, 0.2) is 78.9 Å². The zero-order valence-corrected chi connectivity index (χ0v) is 21.3. The van der Waals surface area contributed by atoms with E-state index in [1.165, 1.54) is 18.2 Å². The molecule has 2 N–H and O–H groups in total. The Kier molecular flexibility index (Phi) is 7.08. The quantitative estimate of drug-likeness (QED) is 0.257. The molecule has 0 aliphatic rings. The molecule has 3 aromatic carbocycles. The van der Waals surface area contributed by atoms with Crippen molar-refractivity contribution in [3.63, 3.8) is 0 Å². The minimum atomic E-state index is -1.04. The van der Waals surface area contributed by atoms with Crippen LogP contribution in [-0.4, -0.2) is 31.6 Å². The number of nitrogens with zero attached hydrogens (tertiary/aromatic N) is 3. The number of pyridine rings is 1. The van der Waals surface area contributed by atoms with E-state index in [0.29, 0.717) is 33.2 Å². The second kappa shape index (κ2) is 10.6. The van der Waals surface area contributed by atoms with Crippen molar-refractivity contribution in [2.45, 2.75) is 19.4 Å². The Morgan fingerprint density at radius 1 is 0.923 bits per heavy atom. The first kappa shape index (κ1) is 26.0. The van der Waals surface area contributed by atoms with Gasteiger partial charge in [0.2, 0.25) is 0 Å². The van der Waals surface area contributed by atoms with Crippen molar-refractivity contribution in [3.8, 4) is 11.1 Å². The molecule has 39 heavy (non-hydrogen) atoms. The summed E-state index contributed by atoms with van der Waals surface area (Å²) in [6, 6.07) is 20.1. The van der Waals surface area contributed by atoms with Crippen LogP contribution < -0.4 is 5.32 Å². The van der Waals surface area contributed by atoms with Crippen LogP contribution in [0.4, 0.5) is 8.78 Å². The fourth-order valence-electron chi connectivity index (χ4n) is 4.27. The normalized spacial score (nSPS) is 11.9. The summed E-state index contributed by atoms with van der Waals surface area (Å²) in [7, 11) is 0. The fourth-order valence-corrected chi connectivity index (χ4v) is 4.40. The molecule has 7 nitrogen and oxygen atoms in total. The number of hydrogen-bond acceptors (Lipinski definition) is 4. The molecule has 5 aromatic rings. The number of fused-ring (bicyclic) bond motifs is 1. The van der Waals surface area contributed by atoms with E-state index in [1.807, 2.05) is 19.1 Å². The Morgan fingerprint density at radius 3 is 2.31 bits per heavy atom. The molecule has 1 unspecified atom stereocenters. The molecule has 0 radical (unpaired) electrons. The highest BCUT2D eigenvalue weighted by molar-refractivity contribution is 6.30. The van der Waals surface area contributed by atoms with Crippen molar-refractivity contribution in [1.82, 2.24) is 19.9 Å². The Labute approximate surface area is 226 Å². The minimum absolute atomic E-state index is 0.125. The number of nitrogens with one attached hydrogen (secondary N) is 1. The molecule has 2 aromatic heterocycles. The third kappa shape index (κ3) is 5.35. The summed E-state index contributed by atoms with van der Waals surface area (Å²) in [5, 5.41) is 21.2. The summed E-state index contributed by atoms with van der Waals surface area (Å²) in [4.78, 5) is 24.7. The molecule has 0 bridgehead atoms. The van der Waals surface area contributed by atoms with Gasteiger partial charge in [0.15, 0.2) is 17.3 Å². The molecule has 0 aliphatic heterocycles. The van der Waals surface area contributed by atoms with Gasteiger partial charge in [0.25, 0.3) is 5.91 Å².